The van der Waals surface area contributed by atoms with Crippen LogP contribution in [-0.2, 0) is 4.74 Å². The Bertz CT molecular complexity index is 807. The number of nitrogens with zero attached hydrogens (tertiary/aromatic N) is 1. The maximum absolute atomic E-state index is 11.4. The Hall–Kier alpha value is -3.13. The van der Waals surface area contributed by atoms with Crippen molar-refractivity contribution in [2.45, 2.75) is 0 Å². The van der Waals surface area contributed by atoms with Crippen LogP contribution in [0, 0.1) is 0 Å². The fourth-order valence-electron chi connectivity index (χ4n) is 2.07. The molecule has 0 aliphatic heterocycles. The quantitative estimate of drug-likeness (QED) is 0.349. The Morgan fingerprint density at radius 1 is 1.04 bits per heavy atom. The van der Waals surface area contributed by atoms with Crippen molar-refractivity contribution in [3.05, 3.63) is 53.6 Å². The van der Waals surface area contributed by atoms with Crippen LogP contribution in [0.1, 0.15) is 15.9 Å². The molecule has 0 heterocycles. The molecule has 0 aliphatic carbocycles. The lowest BCUT2D eigenvalue weighted by molar-refractivity contribution is 0.0601. The summed E-state index contributed by atoms with van der Waals surface area (Å²) < 4.78 is 15.1. The second-order valence-corrected chi connectivity index (χ2v) is 5.42. The van der Waals surface area contributed by atoms with Crippen LogP contribution in [-0.4, -0.2) is 38.6 Å². The first-order valence-corrected chi connectivity index (χ1v) is 7.98. The Morgan fingerprint density at radius 3 is 2.35 bits per heavy atom. The lowest BCUT2D eigenvalue weighted by Crippen LogP contribution is -2.23. The highest BCUT2D eigenvalue weighted by molar-refractivity contribution is 7.80. The fraction of sp³-hybridized carbons (Fsp3) is 0.167. The summed E-state index contributed by atoms with van der Waals surface area (Å²) in [6.07, 6.45) is 1.61. The summed E-state index contributed by atoms with van der Waals surface area (Å²) in [6.45, 7) is 0. The van der Waals surface area contributed by atoms with Gasteiger partial charge in [-0.25, -0.2) is 4.79 Å². The van der Waals surface area contributed by atoms with Crippen LogP contribution >= 0.6 is 12.2 Å². The topological polar surface area (TPSA) is 81.2 Å². The normalized spacial score (nSPS) is 10.3. The molecule has 0 aromatic heterocycles. The number of esters is 1. The molecule has 0 amide bonds. The van der Waals surface area contributed by atoms with E-state index in [0.29, 0.717) is 22.2 Å². The van der Waals surface area contributed by atoms with Crippen LogP contribution in [0.4, 0.5) is 5.69 Å². The number of benzene rings is 2. The molecule has 2 N–H and O–H groups in total. The van der Waals surface area contributed by atoms with Crippen molar-refractivity contribution in [2.24, 2.45) is 5.10 Å². The molecular formula is C18H19N3O4S. The summed E-state index contributed by atoms with van der Waals surface area (Å²) in [4.78, 5) is 11.4. The molecule has 0 aliphatic rings. The molecule has 26 heavy (non-hydrogen) atoms. The number of hydrazone groups is 1. The lowest BCUT2D eigenvalue weighted by atomic mass is 10.2. The van der Waals surface area contributed by atoms with E-state index in [9.17, 15) is 4.79 Å². The highest BCUT2D eigenvalue weighted by atomic mass is 32.1. The molecule has 2 rings (SSSR count). The Balaban J connectivity index is 1.92. The zero-order chi connectivity index (χ0) is 18.9. The van der Waals surface area contributed by atoms with Gasteiger partial charge in [-0.05, 0) is 60.2 Å². The number of hydrogen-bond acceptors (Lipinski definition) is 6. The predicted molar refractivity (Wildman–Crippen MR) is 104 cm³/mol. The van der Waals surface area contributed by atoms with Gasteiger partial charge in [0, 0.05) is 5.69 Å². The number of carbonyl (C=O) groups excluding carboxylic acids is 1. The second kappa shape index (κ2) is 9.38. The average molecular weight is 373 g/mol. The Labute approximate surface area is 157 Å². The van der Waals surface area contributed by atoms with Crippen molar-refractivity contribution in [1.29, 1.82) is 0 Å². The molecular weight excluding hydrogens is 354 g/mol. The molecule has 7 nitrogen and oxygen atoms in total. The van der Waals surface area contributed by atoms with Crippen LogP contribution in [0.25, 0.3) is 0 Å². The van der Waals surface area contributed by atoms with E-state index in [2.05, 4.69) is 20.6 Å². The Kier molecular flexibility index (Phi) is 6.92. The number of ether oxygens (including phenoxy) is 3. The van der Waals surface area contributed by atoms with Gasteiger partial charge in [0.25, 0.3) is 0 Å². The van der Waals surface area contributed by atoms with Crippen molar-refractivity contribution >= 4 is 35.2 Å². The number of thiocarbonyl (C=S) groups is 1. The summed E-state index contributed by atoms with van der Waals surface area (Å²) in [6, 6.07) is 12.2. The van der Waals surface area contributed by atoms with E-state index in [0.717, 1.165) is 11.3 Å². The first-order chi connectivity index (χ1) is 12.6. The number of hydrogen-bond donors (Lipinski definition) is 2. The summed E-state index contributed by atoms with van der Waals surface area (Å²) in [5, 5.41) is 7.35. The highest BCUT2D eigenvalue weighted by Gasteiger charge is 2.05. The first kappa shape index (κ1) is 19.2. The second-order valence-electron chi connectivity index (χ2n) is 5.01. The van der Waals surface area contributed by atoms with E-state index in [1.54, 1.807) is 56.8 Å². The number of nitrogens with one attached hydrogen (secondary N) is 2. The standard InChI is InChI=1S/C18H19N3O4S/c1-23-15-9-4-12(10-16(15)24-2)11-19-21-18(26)20-14-7-5-13(6-8-14)17(22)25-3/h4-11H,1-3H3,(H2,20,21,26). The van der Waals surface area contributed by atoms with Crippen molar-refractivity contribution in [1.82, 2.24) is 5.43 Å². The smallest absolute Gasteiger partial charge is 0.337 e. The highest BCUT2D eigenvalue weighted by Crippen LogP contribution is 2.26. The van der Waals surface area contributed by atoms with E-state index in [1.807, 2.05) is 6.07 Å². The summed E-state index contributed by atoms with van der Waals surface area (Å²) in [5.74, 6) is 0.866. The van der Waals surface area contributed by atoms with E-state index in [4.69, 9.17) is 21.7 Å². The van der Waals surface area contributed by atoms with Crippen LogP contribution in [0.2, 0.25) is 0 Å². The van der Waals surface area contributed by atoms with Gasteiger partial charge in [0.15, 0.2) is 16.6 Å². The van der Waals surface area contributed by atoms with Crippen molar-refractivity contribution in [2.75, 3.05) is 26.6 Å². The summed E-state index contributed by atoms with van der Waals surface area (Å²) in [5.41, 5.74) is 4.72. The van der Waals surface area contributed by atoms with Gasteiger partial charge in [0.1, 0.15) is 0 Å². The maximum Gasteiger partial charge on any atom is 0.337 e. The third-order valence-electron chi connectivity index (χ3n) is 3.35. The molecule has 8 heteroatoms. The van der Waals surface area contributed by atoms with Crippen molar-refractivity contribution in [3.8, 4) is 11.5 Å². The minimum Gasteiger partial charge on any atom is -0.493 e. The van der Waals surface area contributed by atoms with Gasteiger partial charge in [-0.1, -0.05) is 0 Å². The van der Waals surface area contributed by atoms with Crippen LogP contribution in [0.5, 0.6) is 11.5 Å². The summed E-state index contributed by atoms with van der Waals surface area (Å²) in [7, 11) is 4.49. The van der Waals surface area contributed by atoms with Gasteiger partial charge in [0.2, 0.25) is 0 Å². The van der Waals surface area contributed by atoms with E-state index in [-0.39, 0.29) is 0 Å². The monoisotopic (exact) mass is 373 g/mol. The fourth-order valence-corrected chi connectivity index (χ4v) is 2.24. The molecule has 0 atom stereocenters. The zero-order valence-electron chi connectivity index (χ0n) is 14.6. The van der Waals surface area contributed by atoms with E-state index >= 15 is 0 Å². The SMILES string of the molecule is COC(=O)c1ccc(NC(=S)NN=Cc2ccc(OC)c(OC)c2)cc1. The van der Waals surface area contributed by atoms with Gasteiger partial charge < -0.3 is 19.5 Å². The van der Waals surface area contributed by atoms with Crippen LogP contribution in [0.15, 0.2) is 47.6 Å². The minimum atomic E-state index is -0.392. The molecule has 0 spiro atoms. The molecule has 0 unspecified atom stereocenters. The molecule has 0 saturated carbocycles. The third-order valence-corrected chi connectivity index (χ3v) is 3.54. The first-order valence-electron chi connectivity index (χ1n) is 7.58. The molecule has 2 aromatic carbocycles. The van der Waals surface area contributed by atoms with Gasteiger partial charge in [-0.3, -0.25) is 5.43 Å². The van der Waals surface area contributed by atoms with E-state index in [1.165, 1.54) is 7.11 Å². The minimum absolute atomic E-state index is 0.313. The van der Waals surface area contributed by atoms with Gasteiger partial charge in [-0.2, -0.15) is 5.10 Å². The molecule has 0 saturated heterocycles. The van der Waals surface area contributed by atoms with Gasteiger partial charge >= 0.3 is 5.97 Å². The van der Waals surface area contributed by atoms with Crippen molar-refractivity contribution < 1.29 is 19.0 Å². The molecule has 0 fully saturated rings. The van der Waals surface area contributed by atoms with Crippen molar-refractivity contribution in [3.63, 3.8) is 0 Å². The van der Waals surface area contributed by atoms with Crippen LogP contribution < -0.4 is 20.2 Å². The maximum atomic E-state index is 11.4. The molecule has 0 radical (unpaired) electrons. The zero-order valence-corrected chi connectivity index (χ0v) is 15.4. The third kappa shape index (κ3) is 5.18. The summed E-state index contributed by atoms with van der Waals surface area (Å²) >= 11 is 5.17. The number of carbonyl (C=O) groups is 1. The van der Waals surface area contributed by atoms with Crippen LogP contribution in [0.3, 0.4) is 0 Å². The largest absolute Gasteiger partial charge is 0.493 e. The number of rotatable bonds is 6. The molecule has 2 aromatic rings. The number of anilines is 1. The van der Waals surface area contributed by atoms with Gasteiger partial charge in [-0.15, -0.1) is 0 Å². The lowest BCUT2D eigenvalue weighted by Gasteiger charge is -2.08. The van der Waals surface area contributed by atoms with E-state index < -0.39 is 5.97 Å². The average Bonchev–Trinajstić information content (AvgIpc) is 2.67. The molecule has 136 valence electrons. The molecule has 0 bridgehead atoms. The predicted octanol–water partition coefficient (Wildman–Crippen LogP) is 2.81. The van der Waals surface area contributed by atoms with Gasteiger partial charge in [0.05, 0.1) is 33.1 Å². The Morgan fingerprint density at radius 2 is 1.73 bits per heavy atom. The number of methoxy groups -OCH3 is 3.